The molecule has 0 unspecified atom stereocenters. The molecular formula is C26H25BrN2O6. The zero-order chi connectivity index (χ0) is 25.2. The summed E-state index contributed by atoms with van der Waals surface area (Å²) in [7, 11) is 1.46. The number of ether oxygens (including phenoxy) is 4. The van der Waals surface area contributed by atoms with Crippen LogP contribution in [0.15, 0.2) is 70.2 Å². The quantitative estimate of drug-likeness (QED) is 0.170. The third-order valence-electron chi connectivity index (χ3n) is 4.64. The second-order valence-corrected chi connectivity index (χ2v) is 8.11. The molecule has 35 heavy (non-hydrogen) atoms. The molecule has 0 bridgehead atoms. The topological polar surface area (TPSA) is 95.5 Å². The third-order valence-corrected chi connectivity index (χ3v) is 5.23. The fourth-order valence-corrected chi connectivity index (χ4v) is 3.49. The van der Waals surface area contributed by atoms with Crippen LogP contribution in [0, 0.1) is 6.92 Å². The summed E-state index contributed by atoms with van der Waals surface area (Å²) >= 11 is 3.40. The van der Waals surface area contributed by atoms with Crippen molar-refractivity contribution in [3.05, 3.63) is 81.8 Å². The molecule has 1 N–H and O–H groups in total. The summed E-state index contributed by atoms with van der Waals surface area (Å²) in [4.78, 5) is 24.6. The van der Waals surface area contributed by atoms with Crippen LogP contribution in [-0.2, 0) is 4.79 Å². The van der Waals surface area contributed by atoms with Crippen molar-refractivity contribution < 1.29 is 28.5 Å². The molecule has 8 nitrogen and oxygen atoms in total. The smallest absolute Gasteiger partial charge is 0.343 e. The Kier molecular flexibility index (Phi) is 9.25. The molecular weight excluding hydrogens is 516 g/mol. The maximum Gasteiger partial charge on any atom is 0.343 e. The SMILES string of the molecule is CCOc1ccccc1OCC(=O)NN=Cc1cc(Br)c(OC(=O)c2ccc(C)cc2)c(OC)c1. The van der Waals surface area contributed by atoms with Crippen molar-refractivity contribution >= 4 is 34.0 Å². The van der Waals surface area contributed by atoms with Crippen LogP contribution in [0.5, 0.6) is 23.0 Å². The van der Waals surface area contributed by atoms with Gasteiger partial charge in [0.1, 0.15) is 0 Å². The molecule has 0 aromatic heterocycles. The van der Waals surface area contributed by atoms with E-state index in [1.807, 2.05) is 32.0 Å². The molecule has 0 aliphatic carbocycles. The van der Waals surface area contributed by atoms with Gasteiger partial charge in [0.15, 0.2) is 29.6 Å². The Morgan fingerprint density at radius 2 is 1.69 bits per heavy atom. The number of benzene rings is 3. The molecule has 0 aliphatic rings. The van der Waals surface area contributed by atoms with Gasteiger partial charge >= 0.3 is 5.97 Å². The minimum absolute atomic E-state index is 0.234. The molecule has 0 atom stereocenters. The molecule has 0 radical (unpaired) electrons. The molecule has 1 amide bonds. The van der Waals surface area contributed by atoms with Crippen molar-refractivity contribution in [2.75, 3.05) is 20.3 Å². The summed E-state index contributed by atoms with van der Waals surface area (Å²) in [5.74, 6) is 0.638. The summed E-state index contributed by atoms with van der Waals surface area (Å²) in [5, 5.41) is 3.96. The van der Waals surface area contributed by atoms with Gasteiger partial charge in [-0.05, 0) is 71.7 Å². The number of methoxy groups -OCH3 is 1. The second kappa shape index (κ2) is 12.6. The Morgan fingerprint density at radius 3 is 2.34 bits per heavy atom. The van der Waals surface area contributed by atoms with Crippen LogP contribution in [-0.4, -0.2) is 38.4 Å². The predicted molar refractivity (Wildman–Crippen MR) is 136 cm³/mol. The normalized spacial score (nSPS) is 10.6. The monoisotopic (exact) mass is 540 g/mol. The maximum absolute atomic E-state index is 12.5. The number of nitrogens with zero attached hydrogens (tertiary/aromatic N) is 1. The minimum atomic E-state index is -0.511. The number of nitrogens with one attached hydrogen (secondary N) is 1. The molecule has 3 aromatic carbocycles. The lowest BCUT2D eigenvalue weighted by atomic mass is 10.1. The van der Waals surface area contributed by atoms with E-state index >= 15 is 0 Å². The minimum Gasteiger partial charge on any atom is -0.493 e. The summed E-state index contributed by atoms with van der Waals surface area (Å²) in [6.45, 7) is 4.06. The lowest BCUT2D eigenvalue weighted by Gasteiger charge is -2.12. The lowest BCUT2D eigenvalue weighted by Crippen LogP contribution is -2.24. The van der Waals surface area contributed by atoms with Gasteiger partial charge in [0.05, 0.1) is 30.0 Å². The molecule has 3 rings (SSSR count). The van der Waals surface area contributed by atoms with Gasteiger partial charge in [-0.3, -0.25) is 4.79 Å². The van der Waals surface area contributed by atoms with Crippen molar-refractivity contribution in [3.8, 4) is 23.0 Å². The van der Waals surface area contributed by atoms with Gasteiger partial charge in [-0.2, -0.15) is 5.10 Å². The molecule has 9 heteroatoms. The second-order valence-electron chi connectivity index (χ2n) is 7.25. The highest BCUT2D eigenvalue weighted by Crippen LogP contribution is 2.37. The highest BCUT2D eigenvalue weighted by Gasteiger charge is 2.17. The highest BCUT2D eigenvalue weighted by molar-refractivity contribution is 9.10. The van der Waals surface area contributed by atoms with Crippen LogP contribution in [0.4, 0.5) is 0 Å². The van der Waals surface area contributed by atoms with Crippen molar-refractivity contribution in [3.63, 3.8) is 0 Å². The van der Waals surface area contributed by atoms with Crippen LogP contribution in [0.3, 0.4) is 0 Å². The number of hydrogen-bond acceptors (Lipinski definition) is 7. The van der Waals surface area contributed by atoms with E-state index in [1.165, 1.54) is 13.3 Å². The molecule has 0 aliphatic heterocycles. The van der Waals surface area contributed by atoms with Crippen LogP contribution in [0.1, 0.15) is 28.4 Å². The van der Waals surface area contributed by atoms with Gasteiger partial charge in [-0.25, -0.2) is 10.2 Å². The Morgan fingerprint density at radius 1 is 1.00 bits per heavy atom. The summed E-state index contributed by atoms with van der Waals surface area (Å²) in [6, 6.07) is 17.5. The van der Waals surface area contributed by atoms with Crippen molar-refractivity contribution in [2.24, 2.45) is 5.10 Å². The Balaban J connectivity index is 1.61. The number of hydrogen-bond donors (Lipinski definition) is 1. The highest BCUT2D eigenvalue weighted by atomic mass is 79.9. The van der Waals surface area contributed by atoms with Crippen molar-refractivity contribution in [1.82, 2.24) is 5.43 Å². The summed E-state index contributed by atoms with van der Waals surface area (Å²) < 4.78 is 22.4. The summed E-state index contributed by atoms with van der Waals surface area (Å²) in [6.07, 6.45) is 1.44. The van der Waals surface area contributed by atoms with Gasteiger partial charge in [0, 0.05) is 0 Å². The van der Waals surface area contributed by atoms with Crippen LogP contribution in [0.2, 0.25) is 0 Å². The van der Waals surface area contributed by atoms with Gasteiger partial charge < -0.3 is 18.9 Å². The first-order valence-corrected chi connectivity index (χ1v) is 11.5. The van der Waals surface area contributed by atoms with Gasteiger partial charge in [0.2, 0.25) is 0 Å². The summed E-state index contributed by atoms with van der Waals surface area (Å²) in [5.41, 5.74) is 4.47. The van der Waals surface area contributed by atoms with E-state index in [0.717, 1.165) is 5.56 Å². The number of carbonyl (C=O) groups excluding carboxylic acids is 2. The van der Waals surface area contributed by atoms with Gasteiger partial charge in [0.25, 0.3) is 5.91 Å². The Labute approximate surface area is 212 Å². The van der Waals surface area contributed by atoms with E-state index in [9.17, 15) is 9.59 Å². The number of rotatable bonds is 10. The standard InChI is InChI=1S/C26H25BrN2O6/c1-4-33-21-7-5-6-8-22(21)34-16-24(30)29-28-15-18-13-20(27)25(23(14-18)32-3)35-26(31)19-11-9-17(2)10-12-19/h5-15H,4,16H2,1-3H3,(H,29,30). The zero-order valence-corrected chi connectivity index (χ0v) is 21.1. The Bertz CT molecular complexity index is 1210. The molecule has 182 valence electrons. The fourth-order valence-electron chi connectivity index (χ4n) is 2.95. The molecule has 0 fully saturated rings. The molecule has 0 heterocycles. The van der Waals surface area contributed by atoms with E-state index < -0.39 is 11.9 Å². The van der Waals surface area contributed by atoms with E-state index in [2.05, 4.69) is 26.5 Å². The molecule has 0 spiro atoms. The third kappa shape index (κ3) is 7.31. The average molecular weight is 541 g/mol. The van der Waals surface area contributed by atoms with Crippen LogP contribution < -0.4 is 24.4 Å². The number of amides is 1. The molecule has 3 aromatic rings. The number of para-hydroxylation sites is 2. The largest absolute Gasteiger partial charge is 0.493 e. The van der Waals surface area contributed by atoms with Crippen LogP contribution >= 0.6 is 15.9 Å². The number of aryl methyl sites for hydroxylation is 1. The Hall–Kier alpha value is -3.85. The number of hydrazone groups is 1. The molecule has 0 saturated heterocycles. The zero-order valence-electron chi connectivity index (χ0n) is 19.5. The van der Waals surface area contributed by atoms with E-state index in [0.29, 0.717) is 39.5 Å². The van der Waals surface area contributed by atoms with Crippen LogP contribution in [0.25, 0.3) is 0 Å². The number of esters is 1. The van der Waals surface area contributed by atoms with Crippen molar-refractivity contribution in [2.45, 2.75) is 13.8 Å². The predicted octanol–water partition coefficient (Wildman–Crippen LogP) is 4.91. The van der Waals surface area contributed by atoms with E-state index in [4.69, 9.17) is 18.9 Å². The average Bonchev–Trinajstić information content (AvgIpc) is 2.85. The first-order chi connectivity index (χ1) is 16.9. The first kappa shape index (κ1) is 25.8. The van der Waals surface area contributed by atoms with E-state index in [1.54, 1.807) is 42.5 Å². The first-order valence-electron chi connectivity index (χ1n) is 10.7. The number of halogens is 1. The fraction of sp³-hybridized carbons (Fsp3) is 0.192. The van der Waals surface area contributed by atoms with E-state index in [-0.39, 0.29) is 12.4 Å². The van der Waals surface area contributed by atoms with Gasteiger partial charge in [-0.15, -0.1) is 0 Å². The maximum atomic E-state index is 12.5. The van der Waals surface area contributed by atoms with Crippen molar-refractivity contribution in [1.29, 1.82) is 0 Å². The molecule has 0 saturated carbocycles. The van der Waals surface area contributed by atoms with Gasteiger partial charge in [-0.1, -0.05) is 29.8 Å². The number of carbonyl (C=O) groups is 2. The lowest BCUT2D eigenvalue weighted by molar-refractivity contribution is -0.123.